The highest BCUT2D eigenvalue weighted by molar-refractivity contribution is 5.98. The highest BCUT2D eigenvalue weighted by Gasteiger charge is 2.30. The average Bonchev–Trinajstić information content (AvgIpc) is 3.31. The molecule has 0 saturated carbocycles. The van der Waals surface area contributed by atoms with Crippen LogP contribution in [-0.4, -0.2) is 36.7 Å². The molecular weight excluding hydrogens is 328 g/mol. The molecule has 136 valence electrons. The van der Waals surface area contributed by atoms with E-state index in [1.165, 1.54) is 5.56 Å². The van der Waals surface area contributed by atoms with Gasteiger partial charge in [0, 0.05) is 18.8 Å². The van der Waals surface area contributed by atoms with Crippen molar-refractivity contribution in [1.29, 1.82) is 0 Å². The summed E-state index contributed by atoms with van der Waals surface area (Å²) >= 11 is 0. The third kappa shape index (κ3) is 3.03. The van der Waals surface area contributed by atoms with E-state index in [-0.39, 0.29) is 18.7 Å². The summed E-state index contributed by atoms with van der Waals surface area (Å²) in [7, 11) is 0. The molecule has 2 aliphatic rings. The van der Waals surface area contributed by atoms with Crippen LogP contribution in [-0.2, 0) is 17.8 Å². The van der Waals surface area contributed by atoms with Gasteiger partial charge in [-0.25, -0.2) is 0 Å². The van der Waals surface area contributed by atoms with Crippen molar-refractivity contribution in [3.63, 3.8) is 0 Å². The van der Waals surface area contributed by atoms with Gasteiger partial charge in [0.1, 0.15) is 0 Å². The maximum Gasteiger partial charge on any atom is 0.244 e. The molecule has 5 heteroatoms. The molecule has 0 N–H and O–H groups in total. The Hall–Kier alpha value is -2.53. The number of carbonyl (C=O) groups excluding carboxylic acids is 1. The lowest BCUT2D eigenvalue weighted by Gasteiger charge is -2.30. The van der Waals surface area contributed by atoms with Crippen molar-refractivity contribution in [3.8, 4) is 11.5 Å². The lowest BCUT2D eigenvalue weighted by molar-refractivity contribution is -0.123. The molecule has 2 aromatic carbocycles. The molecule has 1 amide bonds. The van der Waals surface area contributed by atoms with Gasteiger partial charge in [0.2, 0.25) is 12.7 Å². The number of ether oxygens (including phenoxy) is 2. The summed E-state index contributed by atoms with van der Waals surface area (Å²) in [5.74, 6) is 1.73. The molecule has 0 fully saturated rings. The Bertz CT molecular complexity index is 821. The Morgan fingerprint density at radius 2 is 2.00 bits per heavy atom. The van der Waals surface area contributed by atoms with Crippen LogP contribution in [0.5, 0.6) is 11.5 Å². The number of fused-ring (bicyclic) bond motifs is 2. The summed E-state index contributed by atoms with van der Waals surface area (Å²) in [6.07, 6.45) is 0.933. The van der Waals surface area contributed by atoms with Crippen molar-refractivity contribution in [2.45, 2.75) is 32.9 Å². The van der Waals surface area contributed by atoms with Crippen molar-refractivity contribution in [2.75, 3.05) is 24.8 Å². The van der Waals surface area contributed by atoms with Gasteiger partial charge in [-0.1, -0.05) is 31.2 Å². The van der Waals surface area contributed by atoms with Crippen LogP contribution in [0.4, 0.5) is 5.69 Å². The Morgan fingerprint density at radius 1 is 1.19 bits per heavy atom. The molecule has 4 rings (SSSR count). The van der Waals surface area contributed by atoms with E-state index in [0.29, 0.717) is 6.54 Å². The second kappa shape index (κ2) is 7.00. The van der Waals surface area contributed by atoms with E-state index in [4.69, 9.17) is 9.47 Å². The minimum absolute atomic E-state index is 0.164. The zero-order valence-corrected chi connectivity index (χ0v) is 15.3. The Balaban J connectivity index is 1.49. The number of likely N-dealkylation sites (N-methyl/N-ethyl adjacent to an activating group) is 1. The van der Waals surface area contributed by atoms with E-state index in [1.54, 1.807) is 0 Å². The van der Waals surface area contributed by atoms with Crippen LogP contribution in [0.25, 0.3) is 0 Å². The molecule has 26 heavy (non-hydrogen) atoms. The molecule has 5 nitrogen and oxygen atoms in total. The molecule has 1 unspecified atom stereocenters. The zero-order chi connectivity index (χ0) is 18.1. The third-order valence-corrected chi connectivity index (χ3v) is 5.29. The second-order valence-electron chi connectivity index (χ2n) is 6.80. The summed E-state index contributed by atoms with van der Waals surface area (Å²) in [6.45, 7) is 6.64. The van der Waals surface area contributed by atoms with E-state index in [9.17, 15) is 4.79 Å². The topological polar surface area (TPSA) is 42.0 Å². The van der Waals surface area contributed by atoms with Crippen molar-refractivity contribution < 1.29 is 14.3 Å². The van der Waals surface area contributed by atoms with Gasteiger partial charge in [0.05, 0.1) is 6.04 Å². The number of rotatable bonds is 5. The van der Waals surface area contributed by atoms with Gasteiger partial charge >= 0.3 is 0 Å². The number of anilines is 1. The Labute approximate surface area is 154 Å². The predicted octanol–water partition coefficient (Wildman–Crippen LogP) is 3.22. The molecule has 1 atom stereocenters. The fraction of sp³-hybridized carbons (Fsp3) is 0.381. The summed E-state index contributed by atoms with van der Waals surface area (Å²) in [4.78, 5) is 17.3. The summed E-state index contributed by atoms with van der Waals surface area (Å²) in [6, 6.07) is 14.0. The molecule has 0 aliphatic carbocycles. The van der Waals surface area contributed by atoms with Crippen LogP contribution in [0, 0.1) is 0 Å². The van der Waals surface area contributed by atoms with Gasteiger partial charge in [-0.05, 0) is 49.2 Å². The van der Waals surface area contributed by atoms with Crippen LogP contribution in [0.3, 0.4) is 0 Å². The standard InChI is InChI=1S/C21H24N2O3/c1-3-22(13-16-8-9-19-20(12-16)26-14-25-19)15(2)21(24)23-11-10-17-6-4-5-7-18(17)23/h4-9,12,15H,3,10-11,13-14H2,1-2H3. The second-order valence-corrected chi connectivity index (χ2v) is 6.80. The van der Waals surface area contributed by atoms with Crippen molar-refractivity contribution in [3.05, 3.63) is 53.6 Å². The number of carbonyl (C=O) groups is 1. The molecule has 2 aromatic rings. The van der Waals surface area contributed by atoms with Crippen LogP contribution >= 0.6 is 0 Å². The molecule has 0 radical (unpaired) electrons. The van der Waals surface area contributed by atoms with E-state index in [1.807, 2.05) is 48.2 Å². The van der Waals surface area contributed by atoms with E-state index in [2.05, 4.69) is 17.9 Å². The number of nitrogens with zero attached hydrogens (tertiary/aromatic N) is 2. The van der Waals surface area contributed by atoms with Gasteiger partial charge in [0.15, 0.2) is 11.5 Å². The number of hydrogen-bond donors (Lipinski definition) is 0. The largest absolute Gasteiger partial charge is 0.454 e. The van der Waals surface area contributed by atoms with E-state index in [0.717, 1.165) is 42.3 Å². The van der Waals surface area contributed by atoms with Gasteiger partial charge in [-0.3, -0.25) is 9.69 Å². The number of hydrogen-bond acceptors (Lipinski definition) is 4. The normalized spacial score (nSPS) is 16.0. The number of para-hydroxylation sites is 1. The first-order valence-electron chi connectivity index (χ1n) is 9.19. The minimum Gasteiger partial charge on any atom is -0.454 e. The minimum atomic E-state index is -0.184. The molecule has 0 saturated heterocycles. The van der Waals surface area contributed by atoms with E-state index < -0.39 is 0 Å². The van der Waals surface area contributed by atoms with Gasteiger partial charge in [-0.2, -0.15) is 0 Å². The highest BCUT2D eigenvalue weighted by Crippen LogP contribution is 2.33. The van der Waals surface area contributed by atoms with Crippen LogP contribution in [0.15, 0.2) is 42.5 Å². The van der Waals surface area contributed by atoms with Crippen LogP contribution < -0.4 is 14.4 Å². The van der Waals surface area contributed by atoms with Crippen molar-refractivity contribution in [2.24, 2.45) is 0 Å². The predicted molar refractivity (Wildman–Crippen MR) is 101 cm³/mol. The first-order valence-corrected chi connectivity index (χ1v) is 9.19. The van der Waals surface area contributed by atoms with Crippen LogP contribution in [0.2, 0.25) is 0 Å². The zero-order valence-electron chi connectivity index (χ0n) is 15.3. The highest BCUT2D eigenvalue weighted by atomic mass is 16.7. The number of benzene rings is 2. The summed E-state index contributed by atoms with van der Waals surface area (Å²) < 4.78 is 10.8. The van der Waals surface area contributed by atoms with Crippen molar-refractivity contribution in [1.82, 2.24) is 4.90 Å². The van der Waals surface area contributed by atoms with Crippen LogP contribution in [0.1, 0.15) is 25.0 Å². The first kappa shape index (κ1) is 16.9. The Kier molecular flexibility index (Phi) is 4.55. The molecule has 2 aliphatic heterocycles. The third-order valence-electron chi connectivity index (χ3n) is 5.29. The van der Waals surface area contributed by atoms with Gasteiger partial charge < -0.3 is 14.4 Å². The first-order chi connectivity index (χ1) is 12.7. The molecular formula is C21H24N2O3. The van der Waals surface area contributed by atoms with Crippen molar-refractivity contribution >= 4 is 11.6 Å². The van der Waals surface area contributed by atoms with E-state index >= 15 is 0 Å². The summed E-state index contributed by atoms with van der Waals surface area (Å²) in [5, 5.41) is 0. The quantitative estimate of drug-likeness (QED) is 0.829. The average molecular weight is 352 g/mol. The molecule has 0 aromatic heterocycles. The SMILES string of the molecule is CCN(Cc1ccc2c(c1)OCO2)C(C)C(=O)N1CCc2ccccc21. The van der Waals surface area contributed by atoms with Gasteiger partial charge in [0.25, 0.3) is 0 Å². The lowest BCUT2D eigenvalue weighted by Crippen LogP contribution is -2.46. The Morgan fingerprint density at radius 3 is 2.85 bits per heavy atom. The monoisotopic (exact) mass is 352 g/mol. The maximum absolute atomic E-state index is 13.1. The fourth-order valence-corrected chi connectivity index (χ4v) is 3.75. The van der Waals surface area contributed by atoms with Gasteiger partial charge in [-0.15, -0.1) is 0 Å². The summed E-state index contributed by atoms with van der Waals surface area (Å²) in [5.41, 5.74) is 3.44. The lowest BCUT2D eigenvalue weighted by atomic mass is 10.1. The molecule has 0 bridgehead atoms. The smallest absolute Gasteiger partial charge is 0.244 e. The maximum atomic E-state index is 13.1. The molecule has 0 spiro atoms. The molecule has 2 heterocycles. The fourth-order valence-electron chi connectivity index (χ4n) is 3.75. The number of amides is 1.